The molecule has 126 valence electrons. The lowest BCUT2D eigenvalue weighted by atomic mass is 9.89. The molecule has 0 atom stereocenters. The summed E-state index contributed by atoms with van der Waals surface area (Å²) >= 11 is 0. The van der Waals surface area contributed by atoms with Gasteiger partial charge in [0.05, 0.1) is 5.60 Å². The monoisotopic (exact) mass is 312 g/mol. The van der Waals surface area contributed by atoms with Gasteiger partial charge in [-0.2, -0.15) is 0 Å². The Morgan fingerprint density at radius 3 is 2.22 bits per heavy atom. The van der Waals surface area contributed by atoms with Gasteiger partial charge in [0.25, 0.3) is 0 Å². The summed E-state index contributed by atoms with van der Waals surface area (Å²) in [4.78, 5) is 0. The topological polar surface area (TPSA) is 20.2 Å². The molecule has 0 amide bonds. The van der Waals surface area contributed by atoms with E-state index in [9.17, 15) is 5.11 Å². The van der Waals surface area contributed by atoms with Crippen molar-refractivity contribution in [2.45, 2.75) is 65.9 Å². The van der Waals surface area contributed by atoms with Crippen molar-refractivity contribution in [1.29, 1.82) is 0 Å². The Balaban J connectivity index is 2.40. The van der Waals surface area contributed by atoms with Crippen LogP contribution in [0, 0.1) is 0 Å². The first-order valence-electron chi connectivity index (χ1n) is 8.57. The molecule has 0 spiro atoms. The van der Waals surface area contributed by atoms with Gasteiger partial charge in [0.1, 0.15) is 0 Å². The predicted molar refractivity (Wildman–Crippen MR) is 102 cm³/mol. The van der Waals surface area contributed by atoms with E-state index in [4.69, 9.17) is 0 Å². The Bertz CT molecular complexity index is 549. The van der Waals surface area contributed by atoms with Crippen LogP contribution in [0.3, 0.4) is 0 Å². The Labute approximate surface area is 142 Å². The van der Waals surface area contributed by atoms with Crippen LogP contribution in [0.5, 0.6) is 0 Å². The molecule has 0 saturated heterocycles. The molecule has 0 bridgehead atoms. The van der Waals surface area contributed by atoms with E-state index in [1.165, 1.54) is 16.7 Å². The maximum Gasteiger partial charge on any atom is 0.0803 e. The molecule has 0 saturated carbocycles. The van der Waals surface area contributed by atoms with Gasteiger partial charge in [-0.15, -0.1) is 0 Å². The van der Waals surface area contributed by atoms with Gasteiger partial charge in [0.2, 0.25) is 0 Å². The SMILES string of the molecule is CC(C)=C(CC/C(C)=C/CC/C=C/c1ccccc1)C(C)(C)O. The van der Waals surface area contributed by atoms with Crippen molar-refractivity contribution in [3.05, 3.63) is 64.8 Å². The highest BCUT2D eigenvalue weighted by Crippen LogP contribution is 2.26. The summed E-state index contributed by atoms with van der Waals surface area (Å²) in [6, 6.07) is 10.4. The number of hydrogen-bond donors (Lipinski definition) is 1. The zero-order valence-electron chi connectivity index (χ0n) is 15.4. The summed E-state index contributed by atoms with van der Waals surface area (Å²) < 4.78 is 0. The van der Waals surface area contributed by atoms with Crippen LogP contribution in [0.15, 0.2) is 59.2 Å². The van der Waals surface area contributed by atoms with Crippen LogP contribution in [0.4, 0.5) is 0 Å². The van der Waals surface area contributed by atoms with Gasteiger partial charge in [-0.1, -0.05) is 59.7 Å². The van der Waals surface area contributed by atoms with Crippen molar-refractivity contribution in [3.8, 4) is 0 Å². The Kier molecular flexibility index (Phi) is 8.05. The van der Waals surface area contributed by atoms with Gasteiger partial charge >= 0.3 is 0 Å². The van der Waals surface area contributed by atoms with Crippen molar-refractivity contribution in [3.63, 3.8) is 0 Å². The fourth-order valence-corrected chi connectivity index (χ4v) is 2.80. The predicted octanol–water partition coefficient (Wildman–Crippen LogP) is 6.31. The van der Waals surface area contributed by atoms with Gasteiger partial charge in [-0.3, -0.25) is 0 Å². The van der Waals surface area contributed by atoms with Crippen LogP contribution in [-0.2, 0) is 0 Å². The van der Waals surface area contributed by atoms with E-state index in [0.29, 0.717) is 0 Å². The highest BCUT2D eigenvalue weighted by molar-refractivity contribution is 5.48. The largest absolute Gasteiger partial charge is 0.386 e. The number of rotatable bonds is 8. The van der Waals surface area contributed by atoms with E-state index in [-0.39, 0.29) is 0 Å². The lowest BCUT2D eigenvalue weighted by Crippen LogP contribution is -2.23. The zero-order chi connectivity index (χ0) is 17.3. The highest BCUT2D eigenvalue weighted by atomic mass is 16.3. The van der Waals surface area contributed by atoms with Crippen molar-refractivity contribution < 1.29 is 5.11 Å². The van der Waals surface area contributed by atoms with Crippen LogP contribution in [0.25, 0.3) is 6.08 Å². The van der Waals surface area contributed by atoms with E-state index in [0.717, 1.165) is 31.3 Å². The van der Waals surface area contributed by atoms with Crippen molar-refractivity contribution in [1.82, 2.24) is 0 Å². The van der Waals surface area contributed by atoms with E-state index < -0.39 is 5.60 Å². The summed E-state index contributed by atoms with van der Waals surface area (Å²) in [5, 5.41) is 10.2. The standard InChI is InChI=1S/C22H32O/c1-18(2)21(22(4,5)23)17-16-19(3)12-8-6-9-13-20-14-10-7-11-15-20/h7,9-15,23H,6,8,16-17H2,1-5H3/b13-9+,19-12+. The van der Waals surface area contributed by atoms with Crippen LogP contribution in [0.1, 0.15) is 65.9 Å². The molecule has 0 aliphatic heterocycles. The molecule has 1 heteroatoms. The van der Waals surface area contributed by atoms with Crippen LogP contribution in [0.2, 0.25) is 0 Å². The second-order valence-corrected chi connectivity index (χ2v) is 6.98. The molecule has 0 unspecified atom stereocenters. The minimum Gasteiger partial charge on any atom is -0.386 e. The number of allylic oxidation sites excluding steroid dienone is 4. The zero-order valence-corrected chi connectivity index (χ0v) is 15.4. The molecule has 1 nitrogen and oxygen atoms in total. The average molecular weight is 312 g/mol. The maximum atomic E-state index is 10.2. The smallest absolute Gasteiger partial charge is 0.0803 e. The van der Waals surface area contributed by atoms with Crippen LogP contribution < -0.4 is 0 Å². The summed E-state index contributed by atoms with van der Waals surface area (Å²) in [5.41, 5.74) is 4.34. The molecule has 23 heavy (non-hydrogen) atoms. The summed E-state index contributed by atoms with van der Waals surface area (Å²) in [6.45, 7) is 10.1. The average Bonchev–Trinajstić information content (AvgIpc) is 2.46. The molecule has 0 aliphatic rings. The van der Waals surface area contributed by atoms with Crippen LogP contribution >= 0.6 is 0 Å². The fraction of sp³-hybridized carbons (Fsp3) is 0.455. The minimum absolute atomic E-state index is 0.711. The maximum absolute atomic E-state index is 10.2. The molecule has 0 radical (unpaired) electrons. The number of unbranched alkanes of at least 4 members (excludes halogenated alkanes) is 1. The third-order valence-corrected chi connectivity index (χ3v) is 4.05. The minimum atomic E-state index is -0.711. The lowest BCUT2D eigenvalue weighted by molar-refractivity contribution is 0.114. The molecule has 1 N–H and O–H groups in total. The van der Waals surface area contributed by atoms with Crippen molar-refractivity contribution in [2.75, 3.05) is 0 Å². The number of aliphatic hydroxyl groups is 1. The van der Waals surface area contributed by atoms with Gasteiger partial charge in [0, 0.05) is 0 Å². The molecular weight excluding hydrogens is 280 g/mol. The second kappa shape index (κ2) is 9.52. The third-order valence-electron chi connectivity index (χ3n) is 4.05. The van der Waals surface area contributed by atoms with Gasteiger partial charge < -0.3 is 5.11 Å². The molecular formula is C22H32O. The first kappa shape index (κ1) is 19.4. The normalized spacial score (nSPS) is 12.7. The van der Waals surface area contributed by atoms with E-state index in [1.807, 2.05) is 19.9 Å². The first-order chi connectivity index (χ1) is 10.8. The van der Waals surface area contributed by atoms with Crippen molar-refractivity contribution >= 4 is 6.08 Å². The van der Waals surface area contributed by atoms with Gasteiger partial charge in [-0.25, -0.2) is 0 Å². The molecule has 0 aromatic heterocycles. The molecule has 0 heterocycles. The van der Waals surface area contributed by atoms with Gasteiger partial charge in [-0.05, 0) is 71.4 Å². The van der Waals surface area contributed by atoms with Crippen LogP contribution in [-0.4, -0.2) is 10.7 Å². The third kappa shape index (κ3) is 7.99. The quantitative estimate of drug-likeness (QED) is 0.440. The van der Waals surface area contributed by atoms with Gasteiger partial charge in [0.15, 0.2) is 0 Å². The van der Waals surface area contributed by atoms with E-state index >= 15 is 0 Å². The molecule has 1 aromatic rings. The van der Waals surface area contributed by atoms with Crippen molar-refractivity contribution in [2.24, 2.45) is 0 Å². The summed E-state index contributed by atoms with van der Waals surface area (Å²) in [5.74, 6) is 0. The van der Waals surface area contributed by atoms with E-state index in [1.54, 1.807) is 0 Å². The number of benzene rings is 1. The van der Waals surface area contributed by atoms with E-state index in [2.05, 4.69) is 63.3 Å². The highest BCUT2D eigenvalue weighted by Gasteiger charge is 2.19. The Morgan fingerprint density at radius 1 is 1.00 bits per heavy atom. The fourth-order valence-electron chi connectivity index (χ4n) is 2.80. The molecule has 0 aliphatic carbocycles. The Hall–Kier alpha value is -1.60. The summed E-state index contributed by atoms with van der Waals surface area (Å²) in [7, 11) is 0. The second-order valence-electron chi connectivity index (χ2n) is 6.98. The number of hydrogen-bond acceptors (Lipinski definition) is 1. The lowest BCUT2D eigenvalue weighted by Gasteiger charge is -2.24. The molecule has 0 fully saturated rings. The Morgan fingerprint density at radius 2 is 1.65 bits per heavy atom. The first-order valence-corrected chi connectivity index (χ1v) is 8.57. The molecule has 1 aromatic carbocycles. The summed E-state index contributed by atoms with van der Waals surface area (Å²) in [6.07, 6.45) is 10.8. The molecule has 1 rings (SSSR count).